The van der Waals surface area contributed by atoms with E-state index in [0.29, 0.717) is 36.5 Å². The highest BCUT2D eigenvalue weighted by Crippen LogP contribution is 2.27. The number of methoxy groups -OCH3 is 1. The van der Waals surface area contributed by atoms with Crippen molar-refractivity contribution in [3.05, 3.63) is 58.1 Å². The number of aromatic nitrogens is 2. The van der Waals surface area contributed by atoms with Crippen molar-refractivity contribution in [2.45, 2.75) is 4.34 Å². The molecule has 0 aliphatic heterocycles. The lowest BCUT2D eigenvalue weighted by Crippen LogP contribution is -2.13. The van der Waals surface area contributed by atoms with Gasteiger partial charge in [0.1, 0.15) is 5.75 Å². The van der Waals surface area contributed by atoms with E-state index in [9.17, 15) is 9.59 Å². The summed E-state index contributed by atoms with van der Waals surface area (Å²) >= 11 is 14.2. The van der Waals surface area contributed by atoms with Gasteiger partial charge in [0, 0.05) is 21.3 Å². The zero-order valence-corrected chi connectivity index (χ0v) is 18.1. The Bertz CT molecular complexity index is 1010. The number of carbonyl (C=O) groups is 2. The highest BCUT2D eigenvalue weighted by atomic mass is 35.5. The van der Waals surface area contributed by atoms with E-state index in [1.54, 1.807) is 31.4 Å². The second-order valence-electron chi connectivity index (χ2n) is 5.55. The van der Waals surface area contributed by atoms with Gasteiger partial charge in [0.05, 0.1) is 12.9 Å². The van der Waals surface area contributed by atoms with E-state index in [2.05, 4.69) is 20.8 Å². The number of hydrogen-bond donors (Lipinski definition) is 2. The zero-order chi connectivity index (χ0) is 20.8. The predicted molar refractivity (Wildman–Crippen MR) is 117 cm³/mol. The molecular weight excluding hydrogens is 455 g/mol. The molecule has 1 heterocycles. The molecule has 29 heavy (non-hydrogen) atoms. The predicted octanol–water partition coefficient (Wildman–Crippen LogP) is 4.84. The van der Waals surface area contributed by atoms with Gasteiger partial charge in [-0.05, 0) is 42.5 Å². The van der Waals surface area contributed by atoms with E-state index in [1.165, 1.54) is 30.0 Å². The lowest BCUT2D eigenvalue weighted by molar-refractivity contribution is -0.113. The highest BCUT2D eigenvalue weighted by Gasteiger charge is 2.13. The first-order chi connectivity index (χ1) is 13.9. The van der Waals surface area contributed by atoms with Crippen molar-refractivity contribution >= 4 is 68.9 Å². The van der Waals surface area contributed by atoms with Crippen LogP contribution in [0, 0.1) is 0 Å². The van der Waals surface area contributed by atoms with E-state index in [1.807, 2.05) is 0 Å². The van der Waals surface area contributed by atoms with E-state index in [4.69, 9.17) is 27.9 Å². The highest BCUT2D eigenvalue weighted by molar-refractivity contribution is 8.01. The van der Waals surface area contributed by atoms with Crippen LogP contribution in [0.1, 0.15) is 10.4 Å². The summed E-state index contributed by atoms with van der Waals surface area (Å²) in [5.74, 6) is 0.271. The minimum Gasteiger partial charge on any atom is -0.497 e. The van der Waals surface area contributed by atoms with Crippen LogP contribution in [0.25, 0.3) is 0 Å². The average molecular weight is 469 g/mol. The van der Waals surface area contributed by atoms with Crippen LogP contribution in [-0.4, -0.2) is 34.9 Å². The molecule has 3 aromatic rings. The lowest BCUT2D eigenvalue weighted by atomic mass is 10.2. The molecule has 0 radical (unpaired) electrons. The van der Waals surface area contributed by atoms with Crippen LogP contribution in [0.3, 0.4) is 0 Å². The molecule has 11 heteroatoms. The van der Waals surface area contributed by atoms with Gasteiger partial charge in [-0.2, -0.15) is 0 Å². The number of hydrogen-bond acceptors (Lipinski definition) is 7. The largest absolute Gasteiger partial charge is 0.497 e. The van der Waals surface area contributed by atoms with Crippen LogP contribution >= 0.6 is 46.3 Å². The third-order valence-corrected chi connectivity index (χ3v) is 5.86. The number of nitrogens with zero attached hydrogens (tertiary/aromatic N) is 2. The maximum absolute atomic E-state index is 12.3. The summed E-state index contributed by atoms with van der Waals surface area (Å²) in [7, 11) is 1.58. The molecule has 0 aliphatic carbocycles. The number of halogens is 2. The summed E-state index contributed by atoms with van der Waals surface area (Å²) in [5.41, 5.74) is 0.979. The Kier molecular flexibility index (Phi) is 7.32. The van der Waals surface area contributed by atoms with Crippen LogP contribution in [0.15, 0.2) is 46.8 Å². The molecule has 0 unspecified atom stereocenters. The van der Waals surface area contributed by atoms with Crippen LogP contribution in [0.2, 0.25) is 10.0 Å². The number of nitrogens with one attached hydrogen (secondary N) is 2. The van der Waals surface area contributed by atoms with Crippen LogP contribution in [0.4, 0.5) is 10.8 Å². The Morgan fingerprint density at radius 2 is 1.76 bits per heavy atom. The number of carbonyl (C=O) groups excluding carboxylic acids is 2. The first-order valence-electron chi connectivity index (χ1n) is 8.10. The number of ether oxygens (including phenoxy) is 1. The maximum Gasteiger partial charge on any atom is 0.257 e. The number of rotatable bonds is 7. The Morgan fingerprint density at radius 1 is 1.07 bits per heavy atom. The molecule has 150 valence electrons. The van der Waals surface area contributed by atoms with E-state index in [-0.39, 0.29) is 11.7 Å². The lowest BCUT2D eigenvalue weighted by Gasteiger charge is -2.05. The fourth-order valence-corrected chi connectivity index (χ4v) is 4.24. The molecule has 2 amide bonds. The van der Waals surface area contributed by atoms with Gasteiger partial charge in [-0.25, -0.2) is 0 Å². The molecule has 0 saturated heterocycles. The van der Waals surface area contributed by atoms with Crippen molar-refractivity contribution in [1.29, 1.82) is 0 Å². The monoisotopic (exact) mass is 468 g/mol. The van der Waals surface area contributed by atoms with Crippen molar-refractivity contribution in [3.63, 3.8) is 0 Å². The van der Waals surface area contributed by atoms with Gasteiger partial charge in [0.2, 0.25) is 11.0 Å². The first-order valence-corrected chi connectivity index (χ1v) is 10.7. The van der Waals surface area contributed by atoms with Crippen molar-refractivity contribution in [2.75, 3.05) is 23.5 Å². The molecule has 0 spiro atoms. The standard InChI is InChI=1S/C18H14Cl2N4O3S2/c1-27-14-4-2-13(3-5-14)21-15(25)9-28-18-24-23-17(29-18)22-16(26)10-6-11(19)8-12(20)7-10/h2-8H,9H2,1H3,(H,21,25)(H,22,23,26). The van der Waals surface area contributed by atoms with E-state index < -0.39 is 5.91 Å². The average Bonchev–Trinajstić information content (AvgIpc) is 3.13. The molecule has 0 bridgehead atoms. The molecule has 7 nitrogen and oxygen atoms in total. The molecule has 2 N–H and O–H groups in total. The van der Waals surface area contributed by atoms with Crippen molar-refractivity contribution in [1.82, 2.24) is 10.2 Å². The van der Waals surface area contributed by atoms with Gasteiger partial charge < -0.3 is 10.1 Å². The van der Waals surface area contributed by atoms with Gasteiger partial charge in [0.25, 0.3) is 5.91 Å². The summed E-state index contributed by atoms with van der Waals surface area (Å²) in [5, 5.41) is 14.3. The third-order valence-electron chi connectivity index (χ3n) is 3.45. The fraction of sp³-hybridized carbons (Fsp3) is 0.111. The molecule has 0 atom stereocenters. The van der Waals surface area contributed by atoms with E-state index in [0.717, 1.165) is 11.3 Å². The molecule has 0 saturated carbocycles. The second kappa shape index (κ2) is 9.93. The normalized spacial score (nSPS) is 10.4. The third kappa shape index (κ3) is 6.33. The van der Waals surface area contributed by atoms with Crippen molar-refractivity contribution in [2.24, 2.45) is 0 Å². The van der Waals surface area contributed by atoms with Crippen LogP contribution < -0.4 is 15.4 Å². The zero-order valence-electron chi connectivity index (χ0n) is 14.9. The van der Waals surface area contributed by atoms with Crippen molar-refractivity contribution < 1.29 is 14.3 Å². The Hall–Kier alpha value is -2.33. The minimum atomic E-state index is -0.403. The van der Waals surface area contributed by atoms with Gasteiger partial charge >= 0.3 is 0 Å². The first kappa shape index (κ1) is 21.4. The minimum absolute atomic E-state index is 0.151. The SMILES string of the molecule is COc1ccc(NC(=O)CSc2nnc(NC(=O)c3cc(Cl)cc(Cl)c3)s2)cc1. The maximum atomic E-state index is 12.3. The van der Waals surface area contributed by atoms with E-state index >= 15 is 0 Å². The molecule has 1 aromatic heterocycles. The quantitative estimate of drug-likeness (QED) is 0.380. The summed E-state index contributed by atoms with van der Waals surface area (Å²) in [4.78, 5) is 24.3. The van der Waals surface area contributed by atoms with Crippen LogP contribution in [-0.2, 0) is 4.79 Å². The summed E-state index contributed by atoms with van der Waals surface area (Å²) < 4.78 is 5.63. The molecule has 3 rings (SSSR count). The van der Waals surface area contributed by atoms with Gasteiger partial charge in [-0.15, -0.1) is 10.2 Å². The Morgan fingerprint density at radius 3 is 2.41 bits per heavy atom. The number of benzene rings is 2. The smallest absolute Gasteiger partial charge is 0.257 e. The fourth-order valence-electron chi connectivity index (χ4n) is 2.17. The summed E-state index contributed by atoms with van der Waals surface area (Å²) in [6.45, 7) is 0. The summed E-state index contributed by atoms with van der Waals surface area (Å²) in [6, 6.07) is 11.6. The van der Waals surface area contributed by atoms with Gasteiger partial charge in [0.15, 0.2) is 4.34 Å². The molecule has 2 aromatic carbocycles. The molecular formula is C18H14Cl2N4O3S2. The Labute approximate surface area is 184 Å². The molecule has 0 aliphatic rings. The second-order valence-corrected chi connectivity index (χ2v) is 8.62. The summed E-state index contributed by atoms with van der Waals surface area (Å²) in [6.07, 6.45) is 0. The Balaban J connectivity index is 1.51. The number of anilines is 2. The number of amides is 2. The van der Waals surface area contributed by atoms with Gasteiger partial charge in [-0.3, -0.25) is 14.9 Å². The topological polar surface area (TPSA) is 93.2 Å². The molecule has 0 fully saturated rings. The number of thioether (sulfide) groups is 1. The van der Waals surface area contributed by atoms with Crippen LogP contribution in [0.5, 0.6) is 5.75 Å². The van der Waals surface area contributed by atoms with Crippen molar-refractivity contribution in [3.8, 4) is 5.75 Å². The van der Waals surface area contributed by atoms with Gasteiger partial charge in [-0.1, -0.05) is 46.3 Å².